The average molecular weight is 280 g/mol. The van der Waals surface area contributed by atoms with Gasteiger partial charge in [0.2, 0.25) is 0 Å². The molecule has 100 valence electrons. The van der Waals surface area contributed by atoms with Gasteiger partial charge in [0.05, 0.1) is 11.4 Å². The van der Waals surface area contributed by atoms with E-state index in [4.69, 9.17) is 0 Å². The number of rotatable bonds is 2. The van der Waals surface area contributed by atoms with Crippen LogP contribution in [0.3, 0.4) is 0 Å². The van der Waals surface area contributed by atoms with E-state index < -0.39 is 0 Å². The third kappa shape index (κ3) is 3.03. The molecule has 1 aromatic heterocycles. The van der Waals surface area contributed by atoms with Gasteiger partial charge in [-0.3, -0.25) is 5.10 Å². The van der Waals surface area contributed by atoms with E-state index >= 15 is 0 Å². The first-order chi connectivity index (χ1) is 8.83. The summed E-state index contributed by atoms with van der Waals surface area (Å²) in [5, 5.41) is 10.6. The molecule has 0 amide bonds. The molecule has 0 fully saturated rings. The summed E-state index contributed by atoms with van der Waals surface area (Å²) in [6.45, 7) is 1.90. The minimum absolute atomic E-state index is 0. The molecule has 0 radical (unpaired) electrons. The predicted molar refractivity (Wildman–Crippen MR) is 76.7 cm³/mol. The molecule has 2 N–H and O–H groups in total. The van der Waals surface area contributed by atoms with Gasteiger partial charge in [0.1, 0.15) is 5.82 Å². The zero-order valence-electron chi connectivity index (χ0n) is 10.3. The van der Waals surface area contributed by atoms with E-state index in [1.165, 1.54) is 17.7 Å². The lowest BCUT2D eigenvalue weighted by atomic mass is 10.1. The van der Waals surface area contributed by atoms with Crippen LogP contribution in [0.1, 0.15) is 12.1 Å². The van der Waals surface area contributed by atoms with Gasteiger partial charge in [0.15, 0.2) is 0 Å². The number of nitrogens with zero attached hydrogens (tertiary/aromatic N) is 1. The fourth-order valence-electron chi connectivity index (χ4n) is 2.10. The molecule has 2 aromatic rings. The summed E-state index contributed by atoms with van der Waals surface area (Å²) in [4.78, 5) is 0. The Morgan fingerprint density at radius 1 is 1.16 bits per heavy atom. The fourth-order valence-corrected chi connectivity index (χ4v) is 2.10. The number of H-pyrrole nitrogens is 1. The second-order valence-corrected chi connectivity index (χ2v) is 4.37. The Labute approximate surface area is 117 Å². The first-order valence-corrected chi connectivity index (χ1v) is 6.04. The standard InChI is InChI=1S/C14H14FN3.ClH/c15-12-5-3-10(4-6-12)13-8-14(18-17-13)11-2-1-7-16-9-11;/h2-6,8,16H,1,7,9H2,(H,17,18);1H. The van der Waals surface area contributed by atoms with Crippen LogP contribution in [0.4, 0.5) is 4.39 Å². The normalized spacial score (nSPS) is 14.7. The monoisotopic (exact) mass is 279 g/mol. The molecule has 0 saturated heterocycles. The van der Waals surface area contributed by atoms with Gasteiger partial charge < -0.3 is 5.32 Å². The van der Waals surface area contributed by atoms with Crippen LogP contribution in [0.15, 0.2) is 36.4 Å². The SMILES string of the molecule is Cl.Fc1ccc(-c2cc(C3=CCCNC3)[nH]n2)cc1. The zero-order valence-corrected chi connectivity index (χ0v) is 11.1. The van der Waals surface area contributed by atoms with Gasteiger partial charge in [0, 0.05) is 12.1 Å². The second-order valence-electron chi connectivity index (χ2n) is 4.37. The van der Waals surface area contributed by atoms with E-state index in [1.807, 2.05) is 6.07 Å². The van der Waals surface area contributed by atoms with Crippen molar-refractivity contribution in [2.24, 2.45) is 0 Å². The number of halogens is 2. The Kier molecular flexibility index (Phi) is 4.35. The highest BCUT2D eigenvalue weighted by atomic mass is 35.5. The molecule has 2 heterocycles. The van der Waals surface area contributed by atoms with E-state index in [2.05, 4.69) is 21.6 Å². The quantitative estimate of drug-likeness (QED) is 0.887. The molecule has 0 saturated carbocycles. The molecule has 19 heavy (non-hydrogen) atoms. The molecule has 0 spiro atoms. The predicted octanol–water partition coefficient (Wildman–Crippen LogP) is 3.01. The van der Waals surface area contributed by atoms with E-state index in [0.717, 1.165) is 36.5 Å². The molecule has 0 atom stereocenters. The Bertz CT molecular complexity index is 575. The van der Waals surface area contributed by atoms with Gasteiger partial charge >= 0.3 is 0 Å². The van der Waals surface area contributed by atoms with Crippen molar-refractivity contribution in [2.75, 3.05) is 13.1 Å². The Morgan fingerprint density at radius 3 is 2.63 bits per heavy atom. The fraction of sp³-hybridized carbons (Fsp3) is 0.214. The van der Waals surface area contributed by atoms with Crippen molar-refractivity contribution >= 4 is 18.0 Å². The maximum atomic E-state index is 12.9. The Balaban J connectivity index is 0.00000133. The van der Waals surface area contributed by atoms with Crippen molar-refractivity contribution in [1.29, 1.82) is 0 Å². The molecule has 5 heteroatoms. The molecular weight excluding hydrogens is 265 g/mol. The van der Waals surface area contributed by atoms with Gasteiger partial charge in [-0.2, -0.15) is 5.10 Å². The van der Waals surface area contributed by atoms with Crippen LogP contribution in [0.2, 0.25) is 0 Å². The Hall–Kier alpha value is -1.65. The third-order valence-electron chi connectivity index (χ3n) is 3.09. The van der Waals surface area contributed by atoms with Gasteiger partial charge in [-0.05, 0) is 48.9 Å². The van der Waals surface area contributed by atoms with Crippen molar-refractivity contribution in [3.05, 3.63) is 47.9 Å². The minimum atomic E-state index is -0.228. The molecule has 0 aliphatic carbocycles. The number of nitrogens with one attached hydrogen (secondary N) is 2. The molecular formula is C14H15ClFN3. The summed E-state index contributed by atoms with van der Waals surface area (Å²) in [5.74, 6) is -0.228. The van der Waals surface area contributed by atoms with Gasteiger partial charge in [-0.15, -0.1) is 12.4 Å². The zero-order chi connectivity index (χ0) is 12.4. The van der Waals surface area contributed by atoms with Crippen molar-refractivity contribution in [2.45, 2.75) is 6.42 Å². The number of aromatic amines is 1. The topological polar surface area (TPSA) is 40.7 Å². The third-order valence-corrected chi connectivity index (χ3v) is 3.09. The summed E-state index contributed by atoms with van der Waals surface area (Å²) >= 11 is 0. The number of hydrogen-bond donors (Lipinski definition) is 2. The second kappa shape index (κ2) is 5.99. The molecule has 1 aliphatic rings. The Morgan fingerprint density at radius 2 is 1.95 bits per heavy atom. The highest BCUT2D eigenvalue weighted by Gasteiger charge is 2.10. The highest BCUT2D eigenvalue weighted by Crippen LogP contribution is 2.22. The van der Waals surface area contributed by atoms with E-state index in [1.54, 1.807) is 12.1 Å². The largest absolute Gasteiger partial charge is 0.312 e. The van der Waals surface area contributed by atoms with E-state index in [9.17, 15) is 4.39 Å². The van der Waals surface area contributed by atoms with Gasteiger partial charge in [0.25, 0.3) is 0 Å². The van der Waals surface area contributed by atoms with Crippen molar-refractivity contribution in [3.63, 3.8) is 0 Å². The van der Waals surface area contributed by atoms with Crippen LogP contribution in [-0.4, -0.2) is 23.3 Å². The lowest BCUT2D eigenvalue weighted by molar-refractivity contribution is 0.628. The van der Waals surface area contributed by atoms with E-state index in [-0.39, 0.29) is 18.2 Å². The maximum absolute atomic E-state index is 12.9. The van der Waals surface area contributed by atoms with Crippen molar-refractivity contribution < 1.29 is 4.39 Å². The van der Waals surface area contributed by atoms with Crippen LogP contribution >= 0.6 is 12.4 Å². The maximum Gasteiger partial charge on any atom is 0.123 e. The smallest absolute Gasteiger partial charge is 0.123 e. The summed E-state index contributed by atoms with van der Waals surface area (Å²) in [7, 11) is 0. The van der Waals surface area contributed by atoms with Gasteiger partial charge in [-0.1, -0.05) is 6.08 Å². The minimum Gasteiger partial charge on any atom is -0.312 e. The summed E-state index contributed by atoms with van der Waals surface area (Å²) in [6, 6.07) is 8.38. The first-order valence-electron chi connectivity index (χ1n) is 6.04. The highest BCUT2D eigenvalue weighted by molar-refractivity contribution is 5.85. The van der Waals surface area contributed by atoms with Crippen molar-refractivity contribution in [3.8, 4) is 11.3 Å². The lowest BCUT2D eigenvalue weighted by Gasteiger charge is -2.11. The number of hydrogen-bond acceptors (Lipinski definition) is 2. The van der Waals surface area contributed by atoms with Crippen LogP contribution < -0.4 is 5.32 Å². The number of benzene rings is 1. The molecule has 0 unspecified atom stereocenters. The molecule has 0 bridgehead atoms. The van der Waals surface area contributed by atoms with E-state index in [0.29, 0.717) is 0 Å². The van der Waals surface area contributed by atoms with Crippen LogP contribution in [0.5, 0.6) is 0 Å². The summed E-state index contributed by atoms with van der Waals surface area (Å²) in [6.07, 6.45) is 3.26. The molecule has 3 rings (SSSR count). The molecule has 1 aliphatic heterocycles. The van der Waals surface area contributed by atoms with Crippen LogP contribution in [0.25, 0.3) is 16.8 Å². The molecule has 3 nitrogen and oxygen atoms in total. The number of aromatic nitrogens is 2. The van der Waals surface area contributed by atoms with Crippen LogP contribution in [0, 0.1) is 5.82 Å². The first kappa shape index (κ1) is 13.8. The van der Waals surface area contributed by atoms with Crippen molar-refractivity contribution in [1.82, 2.24) is 15.5 Å². The average Bonchev–Trinajstić information content (AvgIpc) is 2.90. The lowest BCUT2D eigenvalue weighted by Crippen LogP contribution is -2.21. The summed E-state index contributed by atoms with van der Waals surface area (Å²) < 4.78 is 12.9. The molecule has 1 aromatic carbocycles. The van der Waals surface area contributed by atoms with Gasteiger partial charge in [-0.25, -0.2) is 4.39 Å². The summed E-state index contributed by atoms with van der Waals surface area (Å²) in [5.41, 5.74) is 4.03. The van der Waals surface area contributed by atoms with Crippen LogP contribution in [-0.2, 0) is 0 Å².